The molecule has 0 amide bonds. The van der Waals surface area contributed by atoms with Gasteiger partial charge in [-0.25, -0.2) is 29.1 Å². The lowest BCUT2D eigenvalue weighted by molar-refractivity contribution is -0.183. The van der Waals surface area contributed by atoms with Gasteiger partial charge in [0.1, 0.15) is 48.0 Å². The minimum absolute atomic E-state index is 0.00786. The summed E-state index contributed by atoms with van der Waals surface area (Å²) in [5.74, 6) is -0.0588. The second-order valence-corrected chi connectivity index (χ2v) is 16.6. The summed E-state index contributed by atoms with van der Waals surface area (Å²) in [6.07, 6.45) is -4.65. The molecule has 0 aromatic carbocycles. The average molecular weight is 719 g/mol. The second-order valence-electron chi connectivity index (χ2n) is 10.9. The first-order valence-electron chi connectivity index (χ1n) is 13.4. The Morgan fingerprint density at radius 2 is 1.70 bits per heavy atom. The molecule has 4 fully saturated rings. The maximum atomic E-state index is 13.6. The smallest absolute Gasteiger partial charge is 0.386 e. The molecule has 25 heteroatoms. The Bertz CT molecular complexity index is 2030. The first-order valence-corrected chi connectivity index (χ1v) is 18.8. The number of aliphatic hydroxyl groups is 1. The van der Waals surface area contributed by atoms with Crippen molar-refractivity contribution in [2.24, 2.45) is 0 Å². The first-order chi connectivity index (χ1) is 21.8. The molecule has 4 aromatic rings. The summed E-state index contributed by atoms with van der Waals surface area (Å²) in [6.45, 7) is -9.69. The van der Waals surface area contributed by atoms with Crippen LogP contribution < -0.4 is 17.0 Å². The highest BCUT2D eigenvalue weighted by Crippen LogP contribution is 2.63. The van der Waals surface area contributed by atoms with Crippen molar-refractivity contribution in [3.05, 3.63) is 29.3 Å². The Kier molecular flexibility index (Phi) is 7.11. The van der Waals surface area contributed by atoms with E-state index in [4.69, 9.17) is 43.8 Å². The molecule has 4 aromatic heterocycles. The topological polar surface area (TPSA) is 278 Å². The number of hydrogen-bond donors (Lipinski definition) is 6. The Morgan fingerprint density at radius 3 is 2.50 bits per heavy atom. The lowest BCUT2D eigenvalue weighted by atomic mass is 10.0. The zero-order valence-electron chi connectivity index (χ0n) is 23.0. The number of aromatic nitrogens is 8. The molecule has 4 aliphatic heterocycles. The number of ether oxygens (including phenoxy) is 3. The van der Waals surface area contributed by atoms with Gasteiger partial charge in [-0.05, 0) is 0 Å². The highest BCUT2D eigenvalue weighted by atomic mass is 32.7. The van der Waals surface area contributed by atoms with Crippen LogP contribution in [0.5, 0.6) is 0 Å². The van der Waals surface area contributed by atoms with Crippen LogP contribution in [0.3, 0.4) is 0 Å². The largest absolute Gasteiger partial charge is 0.386 e. The van der Waals surface area contributed by atoms with Gasteiger partial charge in [0.2, 0.25) is 5.95 Å². The molecule has 0 saturated carbocycles. The molecule has 4 aliphatic rings. The Morgan fingerprint density at radius 1 is 0.957 bits per heavy atom. The molecular weight excluding hydrogens is 694 g/mol. The number of H-pyrrole nitrogens is 1. The third-order valence-electron chi connectivity index (χ3n) is 8.04. The van der Waals surface area contributed by atoms with Gasteiger partial charge in [0.25, 0.3) is 5.56 Å². The van der Waals surface area contributed by atoms with E-state index < -0.39 is 80.9 Å². The lowest BCUT2D eigenvalue weighted by Gasteiger charge is -2.33. The third-order valence-corrected chi connectivity index (χ3v) is 11.2. The summed E-state index contributed by atoms with van der Waals surface area (Å²) in [7, 11) is 0. The first kappa shape index (κ1) is 30.7. The van der Waals surface area contributed by atoms with Crippen LogP contribution in [-0.2, 0) is 41.4 Å². The van der Waals surface area contributed by atoms with E-state index in [0.717, 1.165) is 0 Å². The van der Waals surface area contributed by atoms with Crippen molar-refractivity contribution >= 4 is 72.2 Å². The van der Waals surface area contributed by atoms with Crippen LogP contribution in [0, 0.1) is 0 Å². The van der Waals surface area contributed by atoms with Gasteiger partial charge in [0, 0.05) is 0 Å². The summed E-state index contributed by atoms with van der Waals surface area (Å²) >= 11 is 8.33. The van der Waals surface area contributed by atoms with E-state index in [9.17, 15) is 19.0 Å². The molecule has 8 heterocycles. The molecule has 8 rings (SSSR count). The van der Waals surface area contributed by atoms with Crippen molar-refractivity contribution in [3.8, 4) is 0 Å². The lowest BCUT2D eigenvalue weighted by Crippen LogP contribution is -2.46. The number of thiol groups is 2. The number of fused-ring (bicyclic) bond motifs is 3. The minimum Gasteiger partial charge on any atom is -0.386 e. The predicted octanol–water partition coefficient (Wildman–Crippen LogP) is -0.0584. The predicted molar refractivity (Wildman–Crippen MR) is 160 cm³/mol. The van der Waals surface area contributed by atoms with Gasteiger partial charge in [-0.15, -0.1) is 0 Å². The molecular formula is C21H24N10O11P2S2. The maximum Gasteiger partial charge on any atom is 0.386 e. The number of rotatable bonds is 2. The monoisotopic (exact) mass is 718 g/mol. The number of nitrogens with two attached hydrogens (primary N) is 2. The number of imidazole rings is 2. The van der Waals surface area contributed by atoms with Crippen molar-refractivity contribution in [2.75, 3.05) is 31.3 Å². The SMILES string of the molecule is Nc1nc2c(ncn2[C@@H]2O[C@@H]3CO[P@](=O)(S)O[C@H]4[C@H]5OC[C@]4(CO[P@@](=O)(S)O[C@H]3[C@H]2O)O[C@H]5n2cnc3c(N)ncnc32)c(=O)[nH]1. The summed E-state index contributed by atoms with van der Waals surface area (Å²) in [4.78, 5) is 35.1. The van der Waals surface area contributed by atoms with Crippen LogP contribution in [0.4, 0.5) is 11.8 Å². The molecule has 0 radical (unpaired) electrons. The van der Waals surface area contributed by atoms with Crippen LogP contribution in [0.1, 0.15) is 12.5 Å². The van der Waals surface area contributed by atoms with Crippen molar-refractivity contribution in [1.29, 1.82) is 0 Å². The van der Waals surface area contributed by atoms with Gasteiger partial charge in [-0.1, -0.05) is 24.5 Å². The summed E-state index contributed by atoms with van der Waals surface area (Å²) in [6, 6.07) is 0. The average Bonchev–Trinajstić information content (AvgIpc) is 3.80. The van der Waals surface area contributed by atoms with Gasteiger partial charge in [0.05, 0.1) is 32.5 Å². The number of aromatic amines is 1. The van der Waals surface area contributed by atoms with Crippen LogP contribution in [0.2, 0.25) is 0 Å². The van der Waals surface area contributed by atoms with Crippen molar-refractivity contribution in [2.45, 2.75) is 48.6 Å². The van der Waals surface area contributed by atoms with Crippen molar-refractivity contribution in [3.63, 3.8) is 0 Å². The number of hydrogen-bond acceptors (Lipinski definition) is 18. The zero-order chi connectivity index (χ0) is 32.2. The van der Waals surface area contributed by atoms with Crippen LogP contribution in [-0.4, -0.2) is 100 Å². The van der Waals surface area contributed by atoms with E-state index >= 15 is 0 Å². The zero-order valence-corrected chi connectivity index (χ0v) is 26.6. The fourth-order valence-electron chi connectivity index (χ4n) is 5.99. The summed E-state index contributed by atoms with van der Waals surface area (Å²) in [5.41, 5.74) is 10.1. The fourth-order valence-corrected chi connectivity index (χ4v) is 9.00. The standard InChI is InChI=1S/C21H24N10O11P2S2/c22-14-8-15(25-4-24-14)30(5-26-8)19-12-13-21(40-19,2-36-12)3-38-44(35,46)41-11-7(1-37-43(34,45)42-13)39-18(10(11)32)31-6-27-9-16(31)28-20(23)29-17(9)33/h4-7,10-13,18-19,32H,1-3H2,(H,34,45)(H,35,46)(H2,22,24,25)(H3,23,28,29,33)/t7-,10-,11-,12-,13+,18-,19-,21-,43+,44-/m1/s1. The number of anilines is 2. The normalized spacial score (nSPS) is 39.7. The molecule has 0 spiro atoms. The fraction of sp³-hybridized carbons (Fsp3) is 0.524. The van der Waals surface area contributed by atoms with E-state index in [1.165, 1.54) is 23.5 Å². The van der Waals surface area contributed by atoms with E-state index in [1.807, 2.05) is 0 Å². The van der Waals surface area contributed by atoms with Crippen molar-refractivity contribution < 1.29 is 46.5 Å². The molecule has 46 heavy (non-hydrogen) atoms. The molecule has 10 atom stereocenters. The minimum atomic E-state index is -4.31. The molecule has 0 aliphatic carbocycles. The van der Waals surface area contributed by atoms with E-state index in [0.29, 0.717) is 11.2 Å². The summed E-state index contributed by atoms with van der Waals surface area (Å²) in [5, 5.41) is 11.3. The molecule has 246 valence electrons. The van der Waals surface area contributed by atoms with E-state index in [1.54, 1.807) is 4.57 Å². The quantitative estimate of drug-likeness (QED) is 0.117. The number of nitrogens with one attached hydrogen (secondary N) is 1. The molecule has 6 N–H and O–H groups in total. The highest BCUT2D eigenvalue weighted by molar-refractivity contribution is 8.44. The third kappa shape index (κ3) is 4.89. The van der Waals surface area contributed by atoms with Gasteiger partial charge < -0.3 is 30.8 Å². The number of aliphatic hydroxyl groups excluding tert-OH is 1. The van der Waals surface area contributed by atoms with Crippen molar-refractivity contribution in [1.82, 2.24) is 39.0 Å². The van der Waals surface area contributed by atoms with E-state index in [2.05, 4.69) is 54.4 Å². The Labute approximate surface area is 266 Å². The Hall–Kier alpha value is -2.66. The highest BCUT2D eigenvalue weighted by Gasteiger charge is 2.66. The molecule has 4 saturated heterocycles. The second kappa shape index (κ2) is 10.7. The van der Waals surface area contributed by atoms with Crippen LogP contribution in [0.15, 0.2) is 23.8 Å². The number of nitrogen functional groups attached to an aromatic ring is 2. The van der Waals surface area contributed by atoms with Gasteiger partial charge in [0.15, 0.2) is 35.1 Å². The maximum absolute atomic E-state index is 13.6. The van der Waals surface area contributed by atoms with E-state index in [-0.39, 0.29) is 29.5 Å². The summed E-state index contributed by atoms with van der Waals surface area (Å²) < 4.78 is 71.3. The number of nitrogens with zero attached hydrogens (tertiary/aromatic N) is 7. The van der Waals surface area contributed by atoms with Gasteiger partial charge >= 0.3 is 13.6 Å². The molecule has 0 unspecified atom stereocenters. The van der Waals surface area contributed by atoms with Gasteiger partial charge in [-0.3, -0.25) is 37.0 Å². The molecule has 21 nitrogen and oxygen atoms in total. The Balaban J connectivity index is 1.10. The van der Waals surface area contributed by atoms with Gasteiger partial charge in [-0.2, -0.15) is 4.98 Å². The van der Waals surface area contributed by atoms with Crippen LogP contribution in [0.25, 0.3) is 22.3 Å². The van der Waals surface area contributed by atoms with Crippen LogP contribution >= 0.6 is 38.1 Å². The molecule has 2 bridgehead atoms.